The maximum Gasteiger partial charge on any atom is 0.360 e. The molecular weight excluding hydrogens is 280 g/mol. The van der Waals surface area contributed by atoms with Gasteiger partial charge in [-0.05, 0) is 24.3 Å². The third kappa shape index (κ3) is 4.46. The lowest BCUT2D eigenvalue weighted by Crippen LogP contribution is -2.03. The summed E-state index contributed by atoms with van der Waals surface area (Å²) in [5.41, 5.74) is -0.377. The maximum atomic E-state index is 10.8. The van der Waals surface area contributed by atoms with Gasteiger partial charge in [0.05, 0.1) is 7.11 Å². The molecule has 8 heteroatoms. The molecule has 2 aromatic heterocycles. The Balaban J connectivity index is 0.000000211. The Morgan fingerprint density at radius 2 is 1.48 bits per heavy atom. The van der Waals surface area contributed by atoms with E-state index in [4.69, 9.17) is 15.3 Å². The fourth-order valence-corrected chi connectivity index (χ4v) is 1.21. The number of hydrogen-bond acceptors (Lipinski definition) is 7. The molecule has 0 saturated heterocycles. The predicted molar refractivity (Wildman–Crippen MR) is 70.1 cm³/mol. The van der Waals surface area contributed by atoms with Crippen LogP contribution in [0, 0.1) is 0 Å². The van der Waals surface area contributed by atoms with Crippen LogP contribution in [0.15, 0.2) is 36.7 Å². The summed E-state index contributed by atoms with van der Waals surface area (Å²) in [6.07, 6.45) is 2.72. The van der Waals surface area contributed by atoms with E-state index >= 15 is 0 Å². The third-order valence-corrected chi connectivity index (χ3v) is 2.15. The van der Waals surface area contributed by atoms with Gasteiger partial charge < -0.3 is 20.1 Å². The molecule has 0 fully saturated rings. The van der Waals surface area contributed by atoms with Crippen LogP contribution in [0.3, 0.4) is 0 Å². The molecule has 0 amide bonds. The first-order valence-electron chi connectivity index (χ1n) is 5.57. The molecule has 0 aliphatic rings. The molecule has 2 heterocycles. The van der Waals surface area contributed by atoms with Crippen molar-refractivity contribution in [2.24, 2.45) is 0 Å². The molecule has 0 saturated carbocycles. The first-order valence-corrected chi connectivity index (χ1v) is 5.57. The fraction of sp³-hybridized carbons (Fsp3) is 0.0769. The lowest BCUT2D eigenvalue weighted by molar-refractivity contribution is 0.0589. The van der Waals surface area contributed by atoms with Crippen LogP contribution in [0.4, 0.5) is 0 Å². The summed E-state index contributed by atoms with van der Waals surface area (Å²) in [7, 11) is 1.23. The molecule has 21 heavy (non-hydrogen) atoms. The van der Waals surface area contributed by atoms with E-state index in [-0.39, 0.29) is 22.9 Å². The number of ether oxygens (including phenoxy) is 1. The predicted octanol–water partition coefficient (Wildman–Crippen LogP) is 1.06. The Hall–Kier alpha value is -3.16. The molecular formula is C13H12N2O6. The number of esters is 1. The van der Waals surface area contributed by atoms with Gasteiger partial charge in [-0.3, -0.25) is 0 Å². The van der Waals surface area contributed by atoms with E-state index in [1.807, 2.05) is 0 Å². The first-order chi connectivity index (χ1) is 9.97. The lowest BCUT2D eigenvalue weighted by atomic mass is 10.3. The summed E-state index contributed by atoms with van der Waals surface area (Å²) in [5.74, 6) is -2.34. The topological polar surface area (TPSA) is 130 Å². The van der Waals surface area contributed by atoms with Crippen molar-refractivity contribution >= 4 is 11.9 Å². The quantitative estimate of drug-likeness (QED) is 0.700. The van der Waals surface area contributed by atoms with Crippen LogP contribution in [-0.4, -0.2) is 44.3 Å². The molecule has 0 aliphatic carbocycles. The van der Waals surface area contributed by atoms with Gasteiger partial charge in [0.2, 0.25) is 0 Å². The van der Waals surface area contributed by atoms with E-state index in [0.717, 1.165) is 0 Å². The van der Waals surface area contributed by atoms with Gasteiger partial charge >= 0.3 is 11.9 Å². The zero-order valence-electron chi connectivity index (χ0n) is 10.9. The Kier molecular flexibility index (Phi) is 5.63. The summed E-state index contributed by atoms with van der Waals surface area (Å²) in [6.45, 7) is 0. The van der Waals surface area contributed by atoms with Gasteiger partial charge in [0.25, 0.3) is 0 Å². The fourth-order valence-electron chi connectivity index (χ4n) is 1.21. The molecule has 0 bridgehead atoms. The molecule has 0 radical (unpaired) electrons. The van der Waals surface area contributed by atoms with Gasteiger partial charge in [-0.25, -0.2) is 19.6 Å². The Labute approximate surface area is 119 Å². The molecule has 8 nitrogen and oxygen atoms in total. The second-order valence-corrected chi connectivity index (χ2v) is 3.54. The van der Waals surface area contributed by atoms with E-state index in [1.54, 1.807) is 0 Å². The summed E-state index contributed by atoms with van der Waals surface area (Å²) in [4.78, 5) is 28.0. The normalized spacial score (nSPS) is 9.19. The number of aromatic hydroxyl groups is 2. The highest BCUT2D eigenvalue weighted by molar-refractivity contribution is 5.89. The number of hydrogen-bond donors (Lipinski definition) is 3. The molecule has 0 unspecified atom stereocenters. The van der Waals surface area contributed by atoms with Crippen LogP contribution >= 0.6 is 0 Å². The standard InChI is InChI=1S/C7H7NO3.C6H5NO3/c1-11-7(10)6-5(9)3-2-4-8-6;8-4-2-1-3-7-5(4)6(9)10/h2-4,9H,1H3;1-3,8H,(H,9,10). The van der Waals surface area contributed by atoms with Crippen molar-refractivity contribution in [2.75, 3.05) is 7.11 Å². The average molecular weight is 292 g/mol. The largest absolute Gasteiger partial charge is 0.505 e. The Morgan fingerprint density at radius 1 is 1.00 bits per heavy atom. The van der Waals surface area contributed by atoms with Crippen molar-refractivity contribution in [1.82, 2.24) is 9.97 Å². The van der Waals surface area contributed by atoms with Crippen molar-refractivity contribution < 1.29 is 29.6 Å². The van der Waals surface area contributed by atoms with Crippen LogP contribution < -0.4 is 0 Å². The molecule has 0 atom stereocenters. The number of aromatic carboxylic acids is 1. The number of pyridine rings is 2. The van der Waals surface area contributed by atoms with Crippen LogP contribution in [0.1, 0.15) is 21.0 Å². The van der Waals surface area contributed by atoms with Crippen molar-refractivity contribution in [3.8, 4) is 11.5 Å². The molecule has 2 rings (SSSR count). The summed E-state index contributed by atoms with van der Waals surface area (Å²) >= 11 is 0. The molecule has 2 aromatic rings. The number of methoxy groups -OCH3 is 1. The van der Waals surface area contributed by atoms with E-state index in [2.05, 4.69) is 14.7 Å². The van der Waals surface area contributed by atoms with Gasteiger partial charge in [0.15, 0.2) is 11.4 Å². The van der Waals surface area contributed by atoms with Crippen molar-refractivity contribution in [2.45, 2.75) is 0 Å². The second-order valence-electron chi connectivity index (χ2n) is 3.54. The van der Waals surface area contributed by atoms with Gasteiger partial charge in [0.1, 0.15) is 11.5 Å². The zero-order chi connectivity index (χ0) is 15.8. The van der Waals surface area contributed by atoms with Crippen molar-refractivity contribution in [3.05, 3.63) is 48.0 Å². The molecule has 3 N–H and O–H groups in total. The van der Waals surface area contributed by atoms with E-state index in [9.17, 15) is 9.59 Å². The molecule has 110 valence electrons. The van der Waals surface area contributed by atoms with Crippen LogP contribution in [-0.2, 0) is 4.74 Å². The summed E-state index contributed by atoms with van der Waals surface area (Å²) < 4.78 is 4.36. The number of rotatable bonds is 2. The lowest BCUT2D eigenvalue weighted by Gasteiger charge is -1.98. The second kappa shape index (κ2) is 7.43. The number of nitrogens with zero attached hydrogens (tertiary/aromatic N) is 2. The zero-order valence-corrected chi connectivity index (χ0v) is 10.9. The summed E-state index contributed by atoms with van der Waals surface area (Å²) in [6, 6.07) is 5.64. The first kappa shape index (κ1) is 15.9. The number of carbonyl (C=O) groups is 2. The van der Waals surface area contributed by atoms with E-state index in [0.29, 0.717) is 0 Å². The van der Waals surface area contributed by atoms with Gasteiger partial charge in [-0.15, -0.1) is 0 Å². The van der Waals surface area contributed by atoms with Crippen molar-refractivity contribution in [1.29, 1.82) is 0 Å². The minimum Gasteiger partial charge on any atom is -0.505 e. The van der Waals surface area contributed by atoms with E-state index < -0.39 is 11.9 Å². The molecule has 0 aromatic carbocycles. The van der Waals surface area contributed by atoms with Gasteiger partial charge in [-0.1, -0.05) is 0 Å². The monoisotopic (exact) mass is 292 g/mol. The van der Waals surface area contributed by atoms with Gasteiger partial charge in [-0.2, -0.15) is 0 Å². The highest BCUT2D eigenvalue weighted by atomic mass is 16.5. The number of carboxylic acids is 1. The summed E-state index contributed by atoms with van der Waals surface area (Å²) in [5, 5.41) is 26.2. The molecule has 0 spiro atoms. The van der Waals surface area contributed by atoms with E-state index in [1.165, 1.54) is 43.8 Å². The molecule has 0 aliphatic heterocycles. The third-order valence-electron chi connectivity index (χ3n) is 2.15. The highest BCUT2D eigenvalue weighted by Gasteiger charge is 2.10. The van der Waals surface area contributed by atoms with Crippen molar-refractivity contribution in [3.63, 3.8) is 0 Å². The Morgan fingerprint density at radius 3 is 1.81 bits per heavy atom. The highest BCUT2D eigenvalue weighted by Crippen LogP contribution is 2.12. The SMILES string of the molecule is COC(=O)c1ncccc1O.O=C(O)c1ncccc1O. The Bertz CT molecular complexity index is 644. The minimum absolute atomic E-state index is 0.0602. The number of carboxylic acid groups (broad SMARTS) is 1. The average Bonchev–Trinajstić information content (AvgIpc) is 2.48. The number of carbonyl (C=O) groups excluding carboxylic acids is 1. The van der Waals surface area contributed by atoms with Crippen LogP contribution in [0.5, 0.6) is 11.5 Å². The minimum atomic E-state index is -1.22. The van der Waals surface area contributed by atoms with Crippen LogP contribution in [0.25, 0.3) is 0 Å². The smallest absolute Gasteiger partial charge is 0.360 e. The maximum absolute atomic E-state index is 10.8. The van der Waals surface area contributed by atoms with Gasteiger partial charge in [0, 0.05) is 12.4 Å². The number of aromatic nitrogens is 2. The van der Waals surface area contributed by atoms with Crippen LogP contribution in [0.2, 0.25) is 0 Å².